The van der Waals surface area contributed by atoms with Gasteiger partial charge in [-0.05, 0) is 25.1 Å². The number of benzene rings is 1. The summed E-state index contributed by atoms with van der Waals surface area (Å²) < 4.78 is 1.76. The van der Waals surface area contributed by atoms with Gasteiger partial charge in [-0.15, -0.1) is 10.2 Å². The van der Waals surface area contributed by atoms with Crippen LogP contribution in [0.3, 0.4) is 0 Å². The molecule has 80 valence electrons. The number of nitrogens with zero attached hydrogens (tertiary/aromatic N) is 3. The van der Waals surface area contributed by atoms with Gasteiger partial charge in [0.15, 0.2) is 4.34 Å². The van der Waals surface area contributed by atoms with Gasteiger partial charge < -0.3 is 0 Å². The number of aromatic nitrogens is 2. The molecule has 6 heteroatoms. The summed E-state index contributed by atoms with van der Waals surface area (Å²) in [6.07, 6.45) is 0. The van der Waals surface area contributed by atoms with Crippen LogP contribution in [0.4, 0.5) is 0 Å². The summed E-state index contributed by atoms with van der Waals surface area (Å²) in [6, 6.07) is 7.79. The molecular weight excluding hydrogens is 306 g/mol. The van der Waals surface area contributed by atoms with E-state index in [0.717, 1.165) is 18.7 Å². The summed E-state index contributed by atoms with van der Waals surface area (Å²) in [4.78, 5) is 0.904. The van der Waals surface area contributed by atoms with Gasteiger partial charge in [0.2, 0.25) is 0 Å². The molecule has 0 atom stereocenters. The van der Waals surface area contributed by atoms with Gasteiger partial charge in [-0.25, -0.2) is 0 Å². The van der Waals surface area contributed by atoms with E-state index in [1.807, 2.05) is 19.1 Å². The molecule has 0 saturated heterocycles. The van der Waals surface area contributed by atoms with Crippen molar-refractivity contribution in [2.45, 2.75) is 16.2 Å². The minimum Gasteiger partial charge on any atom is -0.192 e. The third kappa shape index (κ3) is 2.61. The summed E-state index contributed by atoms with van der Waals surface area (Å²) in [7, 11) is 0. The highest BCUT2D eigenvalue weighted by Gasteiger charge is 2.08. The van der Waals surface area contributed by atoms with Crippen LogP contribution in [0.2, 0.25) is 0 Å². The van der Waals surface area contributed by atoms with Gasteiger partial charge in [0.25, 0.3) is 0 Å². The van der Waals surface area contributed by atoms with E-state index in [4.69, 9.17) is 5.26 Å². The average Bonchev–Trinajstić information content (AvgIpc) is 2.67. The Bertz CT molecular complexity index is 559. The normalized spacial score (nSPS) is 10.1. The molecule has 0 fully saturated rings. The van der Waals surface area contributed by atoms with Crippen LogP contribution in [0.5, 0.6) is 0 Å². The molecule has 2 rings (SSSR count). The Hall–Kier alpha value is -0.900. The second-order valence-electron chi connectivity index (χ2n) is 2.94. The van der Waals surface area contributed by atoms with Crippen LogP contribution in [-0.2, 0) is 0 Å². The molecule has 1 heterocycles. The molecule has 1 aromatic heterocycles. The van der Waals surface area contributed by atoms with Gasteiger partial charge in [0.05, 0.1) is 5.56 Å². The Labute approximate surface area is 110 Å². The third-order valence-corrected chi connectivity index (χ3v) is 4.23. The molecule has 0 radical (unpaired) electrons. The highest BCUT2D eigenvalue weighted by atomic mass is 79.9. The average molecular weight is 312 g/mol. The number of hydrogen-bond donors (Lipinski definition) is 0. The van der Waals surface area contributed by atoms with Gasteiger partial charge in [0.1, 0.15) is 11.1 Å². The molecule has 3 nitrogen and oxygen atoms in total. The van der Waals surface area contributed by atoms with Crippen molar-refractivity contribution >= 4 is 39.0 Å². The van der Waals surface area contributed by atoms with Crippen molar-refractivity contribution < 1.29 is 0 Å². The van der Waals surface area contributed by atoms with Crippen LogP contribution in [0.1, 0.15) is 10.6 Å². The topological polar surface area (TPSA) is 49.6 Å². The van der Waals surface area contributed by atoms with Crippen molar-refractivity contribution in [1.82, 2.24) is 10.2 Å². The first kappa shape index (κ1) is 11.6. The minimum absolute atomic E-state index is 0.646. The predicted molar refractivity (Wildman–Crippen MR) is 67.6 cm³/mol. The second-order valence-corrected chi connectivity index (χ2v) is 6.33. The molecule has 0 aliphatic heterocycles. The molecule has 16 heavy (non-hydrogen) atoms. The lowest BCUT2D eigenvalue weighted by molar-refractivity contribution is 0.983. The number of halogens is 1. The smallest absolute Gasteiger partial charge is 0.179 e. The minimum atomic E-state index is 0.646. The highest BCUT2D eigenvalue weighted by Crippen LogP contribution is 2.33. The fourth-order valence-corrected chi connectivity index (χ4v) is 3.29. The molecule has 0 aliphatic carbocycles. The van der Waals surface area contributed by atoms with Crippen molar-refractivity contribution in [2.75, 3.05) is 0 Å². The first-order valence-electron chi connectivity index (χ1n) is 4.36. The zero-order chi connectivity index (χ0) is 11.5. The largest absolute Gasteiger partial charge is 0.192 e. The van der Waals surface area contributed by atoms with Gasteiger partial charge >= 0.3 is 0 Å². The Morgan fingerprint density at radius 1 is 1.44 bits per heavy atom. The number of aryl methyl sites for hydroxylation is 1. The molecule has 0 N–H and O–H groups in total. The zero-order valence-electron chi connectivity index (χ0n) is 8.27. The lowest BCUT2D eigenvalue weighted by Crippen LogP contribution is -1.81. The van der Waals surface area contributed by atoms with Crippen LogP contribution in [0, 0.1) is 18.3 Å². The van der Waals surface area contributed by atoms with E-state index < -0.39 is 0 Å². The fraction of sp³-hybridized carbons (Fsp3) is 0.100. The van der Waals surface area contributed by atoms with Crippen LogP contribution >= 0.6 is 39.0 Å². The lowest BCUT2D eigenvalue weighted by Gasteiger charge is -2.00. The van der Waals surface area contributed by atoms with E-state index in [0.29, 0.717) is 5.56 Å². The highest BCUT2D eigenvalue weighted by molar-refractivity contribution is 9.10. The molecule has 0 saturated carbocycles. The molecule has 1 aromatic carbocycles. The molecule has 0 spiro atoms. The van der Waals surface area contributed by atoms with Crippen LogP contribution in [-0.4, -0.2) is 10.2 Å². The Morgan fingerprint density at radius 3 is 2.88 bits per heavy atom. The quantitative estimate of drug-likeness (QED) is 0.849. The van der Waals surface area contributed by atoms with E-state index in [2.05, 4.69) is 32.2 Å². The second kappa shape index (κ2) is 4.95. The predicted octanol–water partition coefficient (Wildman–Crippen LogP) is 3.63. The monoisotopic (exact) mass is 311 g/mol. The Balaban J connectivity index is 2.31. The first-order chi connectivity index (χ1) is 7.69. The van der Waals surface area contributed by atoms with Crippen LogP contribution in [0.15, 0.2) is 31.9 Å². The first-order valence-corrected chi connectivity index (χ1v) is 6.79. The van der Waals surface area contributed by atoms with E-state index in [1.54, 1.807) is 6.07 Å². The number of rotatable bonds is 2. The number of nitriles is 1. The van der Waals surface area contributed by atoms with Crippen LogP contribution < -0.4 is 0 Å². The van der Waals surface area contributed by atoms with Gasteiger partial charge in [0, 0.05) is 9.37 Å². The molecule has 2 aromatic rings. The van der Waals surface area contributed by atoms with Crippen molar-refractivity contribution in [3.05, 3.63) is 33.2 Å². The van der Waals surface area contributed by atoms with Crippen molar-refractivity contribution in [1.29, 1.82) is 5.26 Å². The van der Waals surface area contributed by atoms with Crippen molar-refractivity contribution in [3.63, 3.8) is 0 Å². The van der Waals surface area contributed by atoms with Gasteiger partial charge in [-0.1, -0.05) is 39.0 Å². The SMILES string of the molecule is Cc1nnc(Sc2ccc(Br)cc2C#N)s1. The molecular formula is C10H6BrN3S2. The van der Waals surface area contributed by atoms with E-state index in [1.165, 1.54) is 23.1 Å². The molecule has 0 amide bonds. The van der Waals surface area contributed by atoms with Gasteiger partial charge in [-0.3, -0.25) is 0 Å². The van der Waals surface area contributed by atoms with Crippen molar-refractivity contribution in [3.8, 4) is 6.07 Å². The maximum atomic E-state index is 9.01. The standard InChI is InChI=1S/C10H6BrN3S2/c1-6-13-14-10(15-6)16-9-3-2-8(11)4-7(9)5-12/h2-4H,1H3. The lowest BCUT2D eigenvalue weighted by atomic mass is 10.2. The van der Waals surface area contributed by atoms with Gasteiger partial charge in [-0.2, -0.15) is 5.26 Å². The fourth-order valence-electron chi connectivity index (χ4n) is 1.09. The van der Waals surface area contributed by atoms with E-state index in [9.17, 15) is 0 Å². The Morgan fingerprint density at radius 2 is 2.25 bits per heavy atom. The summed E-state index contributed by atoms with van der Waals surface area (Å²) in [5, 5.41) is 17.9. The Kier molecular flexibility index (Phi) is 3.59. The zero-order valence-corrected chi connectivity index (χ0v) is 11.5. The summed E-state index contributed by atoms with van der Waals surface area (Å²) in [5.41, 5.74) is 0.646. The summed E-state index contributed by atoms with van der Waals surface area (Å²) >= 11 is 6.34. The van der Waals surface area contributed by atoms with E-state index in [-0.39, 0.29) is 0 Å². The van der Waals surface area contributed by atoms with Crippen LogP contribution in [0.25, 0.3) is 0 Å². The maximum absolute atomic E-state index is 9.01. The van der Waals surface area contributed by atoms with Crippen molar-refractivity contribution in [2.24, 2.45) is 0 Å². The summed E-state index contributed by atoms with van der Waals surface area (Å²) in [5.74, 6) is 0. The third-order valence-electron chi connectivity index (χ3n) is 1.77. The maximum Gasteiger partial charge on any atom is 0.179 e. The molecule has 0 aliphatic rings. The number of hydrogen-bond acceptors (Lipinski definition) is 5. The van der Waals surface area contributed by atoms with E-state index >= 15 is 0 Å². The molecule has 0 bridgehead atoms. The summed E-state index contributed by atoms with van der Waals surface area (Å²) in [6.45, 7) is 1.91. The molecule has 0 unspecified atom stereocenters.